The Kier molecular flexibility index (Phi) is 3.54. The van der Waals surface area contributed by atoms with Gasteiger partial charge in [0, 0.05) is 5.92 Å². The Hall–Kier alpha value is -3.54. The minimum absolute atomic E-state index is 0.110. The van der Waals surface area contributed by atoms with Gasteiger partial charge in [0.05, 0.1) is 21.9 Å². The van der Waals surface area contributed by atoms with E-state index in [0.717, 1.165) is 0 Å². The van der Waals surface area contributed by atoms with E-state index in [-0.39, 0.29) is 33.1 Å². The SMILES string of the molecule is CC(c1c(O)oc2ccccc2c1=O)c1c(O)oc2ccccc2c1=O. The smallest absolute Gasteiger partial charge is 0.290 e. The summed E-state index contributed by atoms with van der Waals surface area (Å²) >= 11 is 0. The molecule has 0 bridgehead atoms. The van der Waals surface area contributed by atoms with Crippen LogP contribution in [0.5, 0.6) is 11.9 Å². The molecule has 0 unspecified atom stereocenters. The number of hydrogen-bond acceptors (Lipinski definition) is 6. The summed E-state index contributed by atoms with van der Waals surface area (Å²) in [6.45, 7) is 1.53. The maximum absolute atomic E-state index is 12.8. The third-order valence-corrected chi connectivity index (χ3v) is 4.49. The van der Waals surface area contributed by atoms with Gasteiger partial charge in [0.2, 0.25) is 0 Å². The van der Waals surface area contributed by atoms with Crippen LogP contribution in [0, 0.1) is 0 Å². The van der Waals surface area contributed by atoms with Gasteiger partial charge in [0.1, 0.15) is 11.2 Å². The van der Waals surface area contributed by atoms with E-state index >= 15 is 0 Å². The second-order valence-electron chi connectivity index (χ2n) is 6.01. The van der Waals surface area contributed by atoms with Gasteiger partial charge in [0.15, 0.2) is 10.9 Å². The molecule has 0 aliphatic rings. The van der Waals surface area contributed by atoms with Crippen molar-refractivity contribution >= 4 is 21.9 Å². The summed E-state index contributed by atoms with van der Waals surface area (Å²) in [6, 6.07) is 13.0. The van der Waals surface area contributed by atoms with Crippen LogP contribution in [0.4, 0.5) is 0 Å². The predicted octanol–water partition coefficient (Wildman–Crippen LogP) is 3.46. The van der Waals surface area contributed by atoms with Gasteiger partial charge >= 0.3 is 0 Å². The summed E-state index contributed by atoms with van der Waals surface area (Å²) in [5.41, 5.74) is -0.683. The molecule has 2 heterocycles. The second kappa shape index (κ2) is 5.77. The summed E-state index contributed by atoms with van der Waals surface area (Å²) in [7, 11) is 0. The van der Waals surface area contributed by atoms with Gasteiger partial charge in [-0.25, -0.2) is 0 Å². The highest BCUT2D eigenvalue weighted by molar-refractivity contribution is 5.79. The van der Waals surface area contributed by atoms with Gasteiger partial charge in [-0.05, 0) is 24.3 Å². The van der Waals surface area contributed by atoms with Crippen LogP contribution in [0.3, 0.4) is 0 Å². The largest absolute Gasteiger partial charge is 0.480 e. The minimum Gasteiger partial charge on any atom is -0.480 e. The van der Waals surface area contributed by atoms with Crippen molar-refractivity contribution in [1.29, 1.82) is 0 Å². The first-order valence-corrected chi connectivity index (χ1v) is 7.98. The third kappa shape index (κ3) is 2.27. The average molecular weight is 350 g/mol. The number of benzene rings is 2. The summed E-state index contributed by atoms with van der Waals surface area (Å²) < 4.78 is 10.6. The molecule has 0 radical (unpaired) electrons. The number of aromatic hydroxyl groups is 2. The van der Waals surface area contributed by atoms with Crippen LogP contribution in [0.25, 0.3) is 21.9 Å². The molecule has 4 rings (SSSR count). The molecule has 4 aromatic rings. The molecular weight excluding hydrogens is 336 g/mol. The quantitative estimate of drug-likeness (QED) is 0.574. The van der Waals surface area contributed by atoms with Crippen LogP contribution in [0.2, 0.25) is 0 Å². The van der Waals surface area contributed by atoms with Crippen LogP contribution in [-0.2, 0) is 0 Å². The monoisotopic (exact) mass is 350 g/mol. The van der Waals surface area contributed by atoms with Crippen molar-refractivity contribution in [3.05, 3.63) is 80.1 Å². The van der Waals surface area contributed by atoms with Gasteiger partial charge < -0.3 is 19.0 Å². The van der Waals surface area contributed by atoms with Crippen molar-refractivity contribution < 1.29 is 19.0 Å². The van der Waals surface area contributed by atoms with Crippen molar-refractivity contribution in [2.24, 2.45) is 0 Å². The predicted molar refractivity (Wildman–Crippen MR) is 95.8 cm³/mol. The highest BCUT2D eigenvalue weighted by Crippen LogP contribution is 2.34. The molecule has 0 spiro atoms. The van der Waals surface area contributed by atoms with E-state index < -0.39 is 28.7 Å². The van der Waals surface area contributed by atoms with Crippen molar-refractivity contribution in [3.63, 3.8) is 0 Å². The molecule has 0 aliphatic heterocycles. The minimum atomic E-state index is -0.934. The van der Waals surface area contributed by atoms with E-state index in [0.29, 0.717) is 0 Å². The molecule has 6 heteroatoms. The first-order chi connectivity index (χ1) is 12.5. The van der Waals surface area contributed by atoms with E-state index in [2.05, 4.69) is 0 Å². The van der Waals surface area contributed by atoms with Crippen LogP contribution in [0.15, 0.2) is 67.0 Å². The molecule has 2 aromatic heterocycles. The first-order valence-electron chi connectivity index (χ1n) is 7.98. The van der Waals surface area contributed by atoms with E-state index in [1.54, 1.807) is 48.5 Å². The summed E-state index contributed by atoms with van der Waals surface area (Å²) in [5, 5.41) is 21.0. The first kappa shape index (κ1) is 16.0. The lowest BCUT2D eigenvalue weighted by molar-refractivity contribution is 0.322. The van der Waals surface area contributed by atoms with Gasteiger partial charge in [0.25, 0.3) is 11.9 Å². The van der Waals surface area contributed by atoms with E-state index in [1.807, 2.05) is 0 Å². The molecule has 2 aromatic carbocycles. The second-order valence-corrected chi connectivity index (χ2v) is 6.01. The fourth-order valence-corrected chi connectivity index (χ4v) is 3.20. The van der Waals surface area contributed by atoms with Crippen LogP contribution < -0.4 is 10.9 Å². The highest BCUT2D eigenvalue weighted by atomic mass is 16.5. The Morgan fingerprint density at radius 2 is 1.12 bits per heavy atom. The number of rotatable bonds is 2. The number of hydrogen-bond donors (Lipinski definition) is 2. The average Bonchev–Trinajstić information content (AvgIpc) is 2.62. The maximum atomic E-state index is 12.8. The Bertz CT molecular complexity index is 1170. The zero-order valence-corrected chi connectivity index (χ0v) is 13.7. The lowest BCUT2D eigenvalue weighted by Crippen LogP contribution is -2.19. The van der Waals surface area contributed by atoms with Crippen LogP contribution >= 0.6 is 0 Å². The van der Waals surface area contributed by atoms with Crippen molar-refractivity contribution in [2.75, 3.05) is 0 Å². The molecule has 0 saturated heterocycles. The molecule has 26 heavy (non-hydrogen) atoms. The van der Waals surface area contributed by atoms with Crippen LogP contribution in [0.1, 0.15) is 24.0 Å². The Labute approximate surface area is 146 Å². The topological polar surface area (TPSA) is 101 Å². The van der Waals surface area contributed by atoms with Gasteiger partial charge in [-0.1, -0.05) is 31.2 Å². The fraction of sp³-hybridized carbons (Fsp3) is 0.100. The highest BCUT2D eigenvalue weighted by Gasteiger charge is 2.27. The van der Waals surface area contributed by atoms with E-state index in [9.17, 15) is 19.8 Å². The summed E-state index contributed by atoms with van der Waals surface area (Å²) in [6.07, 6.45) is 0. The van der Waals surface area contributed by atoms with E-state index in [4.69, 9.17) is 8.83 Å². The summed E-state index contributed by atoms with van der Waals surface area (Å²) in [4.78, 5) is 25.6. The Morgan fingerprint density at radius 3 is 1.54 bits per heavy atom. The zero-order chi connectivity index (χ0) is 18.4. The number of para-hydroxylation sites is 2. The maximum Gasteiger partial charge on any atom is 0.290 e. The lowest BCUT2D eigenvalue weighted by Gasteiger charge is -2.14. The molecular formula is C20H14O6. The molecule has 6 nitrogen and oxygen atoms in total. The fourth-order valence-electron chi connectivity index (χ4n) is 3.20. The molecule has 0 saturated carbocycles. The molecule has 0 amide bonds. The van der Waals surface area contributed by atoms with Gasteiger partial charge in [-0.15, -0.1) is 0 Å². The summed E-state index contributed by atoms with van der Waals surface area (Å²) in [5.74, 6) is -2.11. The zero-order valence-electron chi connectivity index (χ0n) is 13.7. The number of fused-ring (bicyclic) bond motifs is 2. The third-order valence-electron chi connectivity index (χ3n) is 4.49. The lowest BCUT2D eigenvalue weighted by atomic mass is 9.92. The van der Waals surface area contributed by atoms with Crippen molar-refractivity contribution in [2.45, 2.75) is 12.8 Å². The van der Waals surface area contributed by atoms with Gasteiger partial charge in [-0.3, -0.25) is 9.59 Å². The molecule has 130 valence electrons. The molecule has 2 N–H and O–H groups in total. The van der Waals surface area contributed by atoms with Gasteiger partial charge in [-0.2, -0.15) is 0 Å². The molecule has 0 fully saturated rings. The van der Waals surface area contributed by atoms with Crippen LogP contribution in [-0.4, -0.2) is 10.2 Å². The molecule has 0 atom stereocenters. The normalized spacial score (nSPS) is 11.5. The van der Waals surface area contributed by atoms with Crippen molar-refractivity contribution in [1.82, 2.24) is 0 Å². The van der Waals surface area contributed by atoms with E-state index in [1.165, 1.54) is 6.92 Å². The van der Waals surface area contributed by atoms with Crippen molar-refractivity contribution in [3.8, 4) is 11.9 Å². The Morgan fingerprint density at radius 1 is 0.731 bits per heavy atom. The Balaban J connectivity index is 2.02. The standard InChI is InChI=1S/C20H14O6/c1-10(15-17(21)11-6-2-4-8-13(11)25-19(15)23)16-18(22)12-7-3-5-9-14(12)26-20(16)24/h2-10,23-24H,1H3. The molecule has 0 aliphatic carbocycles.